The number of nitrogens with two attached hydrogens (primary N) is 3. The zero-order valence-corrected chi connectivity index (χ0v) is 23.0. The highest BCUT2D eigenvalue weighted by molar-refractivity contribution is 5.91. The van der Waals surface area contributed by atoms with Crippen molar-refractivity contribution in [2.45, 2.75) is 50.7 Å². The fraction of sp³-hybridized carbons (Fsp3) is 0.300. The summed E-state index contributed by atoms with van der Waals surface area (Å²) in [5.74, 6) is -2.04. The molecule has 3 rings (SSSR count). The molecule has 0 aromatic heterocycles. The number of guanidine groups is 1. The van der Waals surface area contributed by atoms with Gasteiger partial charge in [0.25, 0.3) is 0 Å². The molecule has 0 saturated carbocycles. The van der Waals surface area contributed by atoms with Gasteiger partial charge in [-0.1, -0.05) is 72.8 Å². The van der Waals surface area contributed by atoms with Gasteiger partial charge in [-0.2, -0.15) is 0 Å². The standard InChI is InChI=1S/C30H37N7O4/c1-19(38)35-26(17-20-9-3-2-4-10-20)29(41)37-25(23-14-7-12-21-11-5-6-13-22(21)23)18-27(39)36-24(28(31)40)15-8-16-34-30(32)33/h2-7,9-14,24-26H,8,15-18H2,1H3,(H2,31,40)(H,35,38)(H,36,39)(H,37,41)(H4,32,33,34)/t24-,25+,26-/m1/s1. The zero-order valence-electron chi connectivity index (χ0n) is 23.0. The summed E-state index contributed by atoms with van der Waals surface area (Å²) in [4.78, 5) is 54.7. The third-order valence-corrected chi connectivity index (χ3v) is 6.51. The summed E-state index contributed by atoms with van der Waals surface area (Å²) >= 11 is 0. The molecular formula is C30H37N7O4. The molecule has 3 atom stereocenters. The van der Waals surface area contributed by atoms with Gasteiger partial charge in [0.1, 0.15) is 12.1 Å². The second-order valence-corrected chi connectivity index (χ2v) is 9.75. The van der Waals surface area contributed by atoms with E-state index in [-0.39, 0.29) is 37.7 Å². The van der Waals surface area contributed by atoms with Crippen molar-refractivity contribution >= 4 is 40.4 Å². The summed E-state index contributed by atoms with van der Waals surface area (Å²) in [5.41, 5.74) is 17.8. The molecule has 0 fully saturated rings. The number of primary amides is 1. The monoisotopic (exact) mass is 559 g/mol. The molecule has 0 aliphatic heterocycles. The molecule has 4 amide bonds. The molecule has 3 aromatic rings. The molecule has 41 heavy (non-hydrogen) atoms. The van der Waals surface area contributed by atoms with Crippen molar-refractivity contribution in [3.05, 3.63) is 83.9 Å². The smallest absolute Gasteiger partial charge is 0.243 e. The Hall–Kier alpha value is -4.93. The number of carbonyl (C=O) groups excluding carboxylic acids is 4. The van der Waals surface area contributed by atoms with E-state index in [0.29, 0.717) is 6.42 Å². The predicted octanol–water partition coefficient (Wildman–Crippen LogP) is 1.16. The number of nitrogens with one attached hydrogen (secondary N) is 3. The van der Waals surface area contributed by atoms with Crippen molar-refractivity contribution in [3.8, 4) is 0 Å². The lowest BCUT2D eigenvalue weighted by Crippen LogP contribution is -2.49. The van der Waals surface area contributed by atoms with Crippen LogP contribution in [0.5, 0.6) is 0 Å². The summed E-state index contributed by atoms with van der Waals surface area (Å²) in [6.07, 6.45) is 0.758. The number of hydrogen-bond acceptors (Lipinski definition) is 5. The normalized spacial score (nSPS) is 12.9. The summed E-state index contributed by atoms with van der Waals surface area (Å²) in [5, 5.41) is 10.2. The molecule has 0 heterocycles. The van der Waals surface area contributed by atoms with E-state index < -0.39 is 35.8 Å². The van der Waals surface area contributed by atoms with Crippen LogP contribution in [0.2, 0.25) is 0 Å². The number of aliphatic imine (C=N–C) groups is 1. The Labute approximate surface area is 238 Å². The number of carbonyl (C=O) groups is 4. The Morgan fingerprint density at radius 1 is 0.805 bits per heavy atom. The van der Waals surface area contributed by atoms with Gasteiger partial charge in [-0.25, -0.2) is 0 Å². The van der Waals surface area contributed by atoms with Crippen LogP contribution in [0.1, 0.15) is 43.4 Å². The second-order valence-electron chi connectivity index (χ2n) is 9.75. The van der Waals surface area contributed by atoms with E-state index in [4.69, 9.17) is 17.2 Å². The Morgan fingerprint density at radius 3 is 2.17 bits per heavy atom. The third kappa shape index (κ3) is 9.64. The lowest BCUT2D eigenvalue weighted by Gasteiger charge is -2.25. The average Bonchev–Trinajstić information content (AvgIpc) is 2.93. The number of fused-ring (bicyclic) bond motifs is 1. The van der Waals surface area contributed by atoms with Gasteiger partial charge >= 0.3 is 0 Å². The van der Waals surface area contributed by atoms with Crippen molar-refractivity contribution in [1.29, 1.82) is 0 Å². The van der Waals surface area contributed by atoms with Crippen LogP contribution in [0.25, 0.3) is 10.8 Å². The van der Waals surface area contributed by atoms with Crippen molar-refractivity contribution in [2.24, 2.45) is 22.2 Å². The topological polar surface area (TPSA) is 195 Å². The van der Waals surface area contributed by atoms with E-state index in [1.165, 1.54) is 6.92 Å². The minimum absolute atomic E-state index is 0.0665. The summed E-state index contributed by atoms with van der Waals surface area (Å²) in [7, 11) is 0. The maximum Gasteiger partial charge on any atom is 0.243 e. The fourth-order valence-electron chi connectivity index (χ4n) is 4.60. The molecule has 11 heteroatoms. The Morgan fingerprint density at radius 2 is 1.49 bits per heavy atom. The maximum atomic E-state index is 13.6. The van der Waals surface area contributed by atoms with Gasteiger partial charge in [0.05, 0.1) is 12.5 Å². The zero-order chi connectivity index (χ0) is 29.8. The highest BCUT2D eigenvalue weighted by Crippen LogP contribution is 2.27. The van der Waals surface area contributed by atoms with Crippen LogP contribution < -0.4 is 33.2 Å². The first-order chi connectivity index (χ1) is 19.6. The third-order valence-electron chi connectivity index (χ3n) is 6.51. The largest absolute Gasteiger partial charge is 0.370 e. The molecule has 0 bridgehead atoms. The van der Waals surface area contributed by atoms with E-state index in [1.807, 2.05) is 72.8 Å². The average molecular weight is 560 g/mol. The number of hydrogen-bond donors (Lipinski definition) is 6. The van der Waals surface area contributed by atoms with Crippen molar-refractivity contribution in [1.82, 2.24) is 16.0 Å². The quantitative estimate of drug-likeness (QED) is 0.0974. The van der Waals surface area contributed by atoms with Crippen LogP contribution in [-0.4, -0.2) is 48.2 Å². The Balaban J connectivity index is 1.85. The molecule has 9 N–H and O–H groups in total. The van der Waals surface area contributed by atoms with Crippen molar-refractivity contribution < 1.29 is 19.2 Å². The van der Waals surface area contributed by atoms with Gasteiger partial charge in [0.15, 0.2) is 5.96 Å². The van der Waals surface area contributed by atoms with E-state index in [1.54, 1.807) is 0 Å². The first kappa shape index (κ1) is 30.6. The molecular weight excluding hydrogens is 522 g/mol. The van der Waals surface area contributed by atoms with Gasteiger partial charge < -0.3 is 33.2 Å². The van der Waals surface area contributed by atoms with Crippen LogP contribution in [0.4, 0.5) is 0 Å². The molecule has 3 aromatic carbocycles. The SMILES string of the molecule is CC(=O)N[C@H](Cc1ccccc1)C(=O)N[C@@H](CC(=O)N[C@H](CCCN=C(N)N)C(N)=O)c1cccc2ccccc12. The van der Waals surface area contributed by atoms with Crippen molar-refractivity contribution in [3.63, 3.8) is 0 Å². The van der Waals surface area contributed by atoms with Crippen LogP contribution in [0.3, 0.4) is 0 Å². The van der Waals surface area contributed by atoms with Crippen LogP contribution in [0.15, 0.2) is 77.8 Å². The molecule has 216 valence electrons. The summed E-state index contributed by atoms with van der Waals surface area (Å²) in [6.45, 7) is 1.63. The summed E-state index contributed by atoms with van der Waals surface area (Å²) in [6, 6.07) is 20.0. The van der Waals surface area contributed by atoms with Crippen LogP contribution in [-0.2, 0) is 25.6 Å². The molecule has 0 spiro atoms. The van der Waals surface area contributed by atoms with E-state index >= 15 is 0 Å². The van der Waals surface area contributed by atoms with Crippen LogP contribution in [0, 0.1) is 0 Å². The molecule has 11 nitrogen and oxygen atoms in total. The Kier molecular flexibility index (Phi) is 11.2. The van der Waals surface area contributed by atoms with Crippen LogP contribution >= 0.6 is 0 Å². The van der Waals surface area contributed by atoms with Gasteiger partial charge in [-0.15, -0.1) is 0 Å². The minimum atomic E-state index is -0.939. The van der Waals surface area contributed by atoms with E-state index in [9.17, 15) is 19.2 Å². The first-order valence-electron chi connectivity index (χ1n) is 13.4. The first-order valence-corrected chi connectivity index (χ1v) is 13.4. The number of rotatable bonds is 14. The molecule has 0 saturated heterocycles. The fourth-order valence-corrected chi connectivity index (χ4v) is 4.60. The molecule has 0 unspecified atom stereocenters. The predicted molar refractivity (Wildman–Crippen MR) is 158 cm³/mol. The van der Waals surface area contributed by atoms with Gasteiger partial charge in [0, 0.05) is 19.9 Å². The number of benzene rings is 3. The highest BCUT2D eigenvalue weighted by atomic mass is 16.2. The minimum Gasteiger partial charge on any atom is -0.370 e. The lowest BCUT2D eigenvalue weighted by atomic mass is 9.95. The second kappa shape index (κ2) is 15.0. The lowest BCUT2D eigenvalue weighted by molar-refractivity contribution is -0.130. The summed E-state index contributed by atoms with van der Waals surface area (Å²) < 4.78 is 0. The number of amides is 4. The molecule has 0 aliphatic rings. The number of nitrogens with zero attached hydrogens (tertiary/aromatic N) is 1. The van der Waals surface area contributed by atoms with E-state index in [2.05, 4.69) is 20.9 Å². The highest BCUT2D eigenvalue weighted by Gasteiger charge is 2.27. The van der Waals surface area contributed by atoms with Gasteiger partial charge in [-0.05, 0) is 34.7 Å². The Bertz CT molecular complexity index is 1380. The van der Waals surface area contributed by atoms with Crippen molar-refractivity contribution in [2.75, 3.05) is 6.54 Å². The van der Waals surface area contributed by atoms with Gasteiger partial charge in [-0.3, -0.25) is 24.2 Å². The van der Waals surface area contributed by atoms with E-state index in [0.717, 1.165) is 21.9 Å². The molecule has 0 aliphatic carbocycles. The van der Waals surface area contributed by atoms with Gasteiger partial charge in [0.2, 0.25) is 23.6 Å². The molecule has 0 radical (unpaired) electrons. The maximum absolute atomic E-state index is 13.6.